The van der Waals surface area contributed by atoms with Crippen LogP contribution in [0.4, 0.5) is 5.69 Å². The molecule has 0 unspecified atom stereocenters. The molecule has 0 aliphatic carbocycles. The lowest BCUT2D eigenvalue weighted by Crippen LogP contribution is -2.27. The summed E-state index contributed by atoms with van der Waals surface area (Å²) in [4.78, 5) is 23.6. The number of nitrogens with two attached hydrogens (primary N) is 1. The van der Waals surface area contributed by atoms with Crippen LogP contribution < -0.4 is 11.1 Å². The summed E-state index contributed by atoms with van der Waals surface area (Å²) >= 11 is 0. The van der Waals surface area contributed by atoms with Gasteiger partial charge in [-0.25, -0.2) is 4.79 Å². The van der Waals surface area contributed by atoms with Crippen molar-refractivity contribution >= 4 is 30.0 Å². The van der Waals surface area contributed by atoms with E-state index in [1.165, 1.54) is 0 Å². The summed E-state index contributed by atoms with van der Waals surface area (Å²) in [5.41, 5.74) is 7.67. The van der Waals surface area contributed by atoms with Crippen LogP contribution >= 0.6 is 12.4 Å². The van der Waals surface area contributed by atoms with E-state index in [2.05, 4.69) is 5.32 Å². The van der Waals surface area contributed by atoms with Crippen molar-refractivity contribution in [1.82, 2.24) is 0 Å². The molecule has 0 bridgehead atoms. The Morgan fingerprint density at radius 1 is 1.09 bits per heavy atom. The number of anilines is 1. The van der Waals surface area contributed by atoms with E-state index in [9.17, 15) is 9.59 Å². The van der Waals surface area contributed by atoms with E-state index in [0.717, 1.165) is 5.56 Å². The SMILES string of the molecule is CCOC(=O)c1ccc(NC(=O)[C@@H](N)c2ccccc2)cc1.Cl. The molecule has 0 saturated carbocycles. The zero-order valence-corrected chi connectivity index (χ0v) is 13.5. The average molecular weight is 335 g/mol. The Morgan fingerprint density at radius 3 is 2.26 bits per heavy atom. The fraction of sp³-hybridized carbons (Fsp3) is 0.176. The molecule has 2 aromatic rings. The molecule has 2 rings (SSSR count). The third-order valence-electron chi connectivity index (χ3n) is 3.10. The molecule has 1 amide bonds. The van der Waals surface area contributed by atoms with Crippen LogP contribution in [-0.2, 0) is 9.53 Å². The summed E-state index contributed by atoms with van der Waals surface area (Å²) in [7, 11) is 0. The fourth-order valence-corrected chi connectivity index (χ4v) is 1.94. The standard InChI is InChI=1S/C17H18N2O3.ClH/c1-2-22-17(21)13-8-10-14(11-9-13)19-16(20)15(18)12-6-4-3-5-7-12;/h3-11,15H,2,18H2,1H3,(H,19,20);1H/t15-;/m0./s1. The van der Waals surface area contributed by atoms with Crippen molar-refractivity contribution in [2.45, 2.75) is 13.0 Å². The smallest absolute Gasteiger partial charge is 0.338 e. The molecule has 1 atom stereocenters. The van der Waals surface area contributed by atoms with E-state index < -0.39 is 6.04 Å². The van der Waals surface area contributed by atoms with Crippen molar-refractivity contribution < 1.29 is 14.3 Å². The Morgan fingerprint density at radius 2 is 1.70 bits per heavy atom. The number of nitrogens with one attached hydrogen (secondary N) is 1. The minimum absolute atomic E-state index is 0. The number of amides is 1. The van der Waals surface area contributed by atoms with Crippen molar-refractivity contribution in [2.75, 3.05) is 11.9 Å². The highest BCUT2D eigenvalue weighted by Gasteiger charge is 2.15. The van der Waals surface area contributed by atoms with Gasteiger partial charge >= 0.3 is 5.97 Å². The molecular formula is C17H19ClN2O3. The van der Waals surface area contributed by atoms with Crippen LogP contribution in [0, 0.1) is 0 Å². The molecule has 23 heavy (non-hydrogen) atoms. The molecule has 6 heteroatoms. The number of halogens is 1. The second-order valence-corrected chi connectivity index (χ2v) is 4.68. The van der Waals surface area contributed by atoms with Gasteiger partial charge in [0.25, 0.3) is 0 Å². The number of benzene rings is 2. The van der Waals surface area contributed by atoms with Crippen LogP contribution in [0.3, 0.4) is 0 Å². The van der Waals surface area contributed by atoms with E-state index in [1.54, 1.807) is 43.3 Å². The summed E-state index contributed by atoms with van der Waals surface area (Å²) in [5, 5.41) is 2.72. The Bertz CT molecular complexity index is 645. The first-order valence-corrected chi connectivity index (χ1v) is 7.00. The second kappa shape index (κ2) is 8.92. The van der Waals surface area contributed by atoms with E-state index in [-0.39, 0.29) is 24.3 Å². The first-order valence-electron chi connectivity index (χ1n) is 7.00. The first kappa shape index (κ1) is 18.7. The maximum Gasteiger partial charge on any atom is 0.338 e. The van der Waals surface area contributed by atoms with Crippen LogP contribution in [0.25, 0.3) is 0 Å². The Hall–Kier alpha value is -2.37. The average Bonchev–Trinajstić information content (AvgIpc) is 2.55. The molecule has 3 N–H and O–H groups in total. The highest BCUT2D eigenvalue weighted by atomic mass is 35.5. The monoisotopic (exact) mass is 334 g/mol. The van der Waals surface area contributed by atoms with Gasteiger partial charge in [0.1, 0.15) is 6.04 Å². The molecule has 0 fully saturated rings. The maximum absolute atomic E-state index is 12.1. The summed E-state index contributed by atoms with van der Waals surface area (Å²) < 4.78 is 4.90. The van der Waals surface area contributed by atoms with Gasteiger partial charge in [0.05, 0.1) is 12.2 Å². The van der Waals surface area contributed by atoms with Crippen molar-refractivity contribution in [3.8, 4) is 0 Å². The Balaban J connectivity index is 0.00000264. The number of carbonyl (C=O) groups is 2. The third-order valence-corrected chi connectivity index (χ3v) is 3.10. The lowest BCUT2D eigenvalue weighted by atomic mass is 10.1. The van der Waals surface area contributed by atoms with Crippen molar-refractivity contribution in [1.29, 1.82) is 0 Å². The first-order chi connectivity index (χ1) is 10.6. The summed E-state index contributed by atoms with van der Waals surface area (Å²) in [6.07, 6.45) is 0. The van der Waals surface area contributed by atoms with Gasteiger partial charge in [-0.3, -0.25) is 4.79 Å². The van der Waals surface area contributed by atoms with Gasteiger partial charge in [-0.1, -0.05) is 30.3 Å². The topological polar surface area (TPSA) is 81.4 Å². The van der Waals surface area contributed by atoms with Crippen LogP contribution in [0.5, 0.6) is 0 Å². The highest BCUT2D eigenvalue weighted by molar-refractivity contribution is 5.96. The molecule has 0 aliphatic heterocycles. The molecule has 0 heterocycles. The van der Waals surface area contributed by atoms with Gasteiger partial charge in [-0.2, -0.15) is 0 Å². The molecule has 0 spiro atoms. The summed E-state index contributed by atoms with van der Waals surface area (Å²) in [6.45, 7) is 2.07. The number of hydrogen-bond acceptors (Lipinski definition) is 4. The van der Waals surface area contributed by atoms with Gasteiger partial charge in [-0.15, -0.1) is 12.4 Å². The predicted molar refractivity (Wildman–Crippen MR) is 91.6 cm³/mol. The van der Waals surface area contributed by atoms with Gasteiger partial charge in [-0.05, 0) is 36.8 Å². The van der Waals surface area contributed by atoms with E-state index >= 15 is 0 Å². The predicted octanol–water partition coefficient (Wildman–Crippen LogP) is 2.92. The zero-order valence-electron chi connectivity index (χ0n) is 12.7. The van der Waals surface area contributed by atoms with E-state index in [4.69, 9.17) is 10.5 Å². The lowest BCUT2D eigenvalue weighted by molar-refractivity contribution is -0.117. The molecule has 0 saturated heterocycles. The molecule has 122 valence electrons. The molecule has 0 radical (unpaired) electrons. The Kier molecular flexibility index (Phi) is 7.25. The fourth-order valence-electron chi connectivity index (χ4n) is 1.94. The third kappa shape index (κ3) is 5.09. The maximum atomic E-state index is 12.1. The molecule has 0 aliphatic rings. The van der Waals surface area contributed by atoms with Crippen molar-refractivity contribution in [3.05, 3.63) is 65.7 Å². The van der Waals surface area contributed by atoms with Gasteiger partial charge in [0, 0.05) is 5.69 Å². The minimum Gasteiger partial charge on any atom is -0.462 e. The second-order valence-electron chi connectivity index (χ2n) is 4.68. The number of hydrogen-bond donors (Lipinski definition) is 2. The van der Waals surface area contributed by atoms with Gasteiger partial charge in [0.2, 0.25) is 5.91 Å². The zero-order chi connectivity index (χ0) is 15.9. The van der Waals surface area contributed by atoms with Crippen LogP contribution in [-0.4, -0.2) is 18.5 Å². The normalized spacial score (nSPS) is 11.0. The number of ether oxygens (including phenoxy) is 1. The number of rotatable bonds is 5. The van der Waals surface area contributed by atoms with E-state index in [1.807, 2.05) is 18.2 Å². The van der Waals surface area contributed by atoms with Crippen molar-refractivity contribution in [2.24, 2.45) is 5.73 Å². The molecule has 0 aromatic heterocycles. The number of esters is 1. The summed E-state index contributed by atoms with van der Waals surface area (Å²) in [5.74, 6) is -0.698. The lowest BCUT2D eigenvalue weighted by Gasteiger charge is -2.12. The van der Waals surface area contributed by atoms with Crippen LogP contribution in [0.1, 0.15) is 28.9 Å². The van der Waals surface area contributed by atoms with Crippen LogP contribution in [0.15, 0.2) is 54.6 Å². The van der Waals surface area contributed by atoms with E-state index in [0.29, 0.717) is 17.9 Å². The summed E-state index contributed by atoms with van der Waals surface area (Å²) in [6, 6.07) is 14.9. The quantitative estimate of drug-likeness (QED) is 0.824. The molecule has 5 nitrogen and oxygen atoms in total. The molecule has 2 aromatic carbocycles. The largest absolute Gasteiger partial charge is 0.462 e. The number of carbonyl (C=O) groups excluding carboxylic acids is 2. The molecular weight excluding hydrogens is 316 g/mol. The highest BCUT2D eigenvalue weighted by Crippen LogP contribution is 2.15. The van der Waals surface area contributed by atoms with Gasteiger partial charge in [0.15, 0.2) is 0 Å². The minimum atomic E-state index is -0.745. The Labute approximate surface area is 141 Å². The van der Waals surface area contributed by atoms with Crippen LogP contribution in [0.2, 0.25) is 0 Å². The van der Waals surface area contributed by atoms with Gasteiger partial charge < -0.3 is 15.8 Å². The van der Waals surface area contributed by atoms with Crippen molar-refractivity contribution in [3.63, 3.8) is 0 Å².